The van der Waals surface area contributed by atoms with Crippen molar-refractivity contribution in [3.63, 3.8) is 0 Å². The highest BCUT2D eigenvalue weighted by Gasteiger charge is 2.35. The van der Waals surface area contributed by atoms with Gasteiger partial charge in [0.05, 0.1) is 0 Å². The lowest BCUT2D eigenvalue weighted by Crippen LogP contribution is -2.40. The number of hydrogen-bond donors (Lipinski definition) is 2. The molecule has 3 rings (SSSR count). The van der Waals surface area contributed by atoms with Gasteiger partial charge in [0.2, 0.25) is 0 Å². The van der Waals surface area contributed by atoms with E-state index in [4.69, 9.17) is 12.2 Å². The molecule has 1 fully saturated rings. The fourth-order valence-corrected chi connectivity index (χ4v) is 3.67. The molecule has 0 radical (unpaired) electrons. The number of aryl methyl sites for hydroxylation is 1. The van der Waals surface area contributed by atoms with Crippen molar-refractivity contribution in [3.8, 4) is 0 Å². The largest absolute Gasteiger partial charge is 0.362 e. The SMILES string of the molecule is Cc1ccc(NC(=S)NCC2(c3ccc(F)cc3)CCCC2)cc1. The Kier molecular flexibility index (Phi) is 5.14. The summed E-state index contributed by atoms with van der Waals surface area (Å²) in [6.07, 6.45) is 4.63. The van der Waals surface area contributed by atoms with Crippen molar-refractivity contribution in [2.24, 2.45) is 0 Å². The minimum atomic E-state index is -0.184. The summed E-state index contributed by atoms with van der Waals surface area (Å²) in [7, 11) is 0. The fraction of sp³-hybridized carbons (Fsp3) is 0.350. The first-order valence-corrected chi connectivity index (χ1v) is 8.86. The lowest BCUT2D eigenvalue weighted by molar-refractivity contribution is 0.434. The number of rotatable bonds is 4. The predicted molar refractivity (Wildman–Crippen MR) is 102 cm³/mol. The zero-order valence-corrected chi connectivity index (χ0v) is 14.8. The van der Waals surface area contributed by atoms with E-state index >= 15 is 0 Å². The molecule has 0 unspecified atom stereocenters. The average Bonchev–Trinajstić information content (AvgIpc) is 3.06. The molecule has 126 valence electrons. The van der Waals surface area contributed by atoms with E-state index in [1.807, 2.05) is 24.3 Å². The molecule has 1 aliphatic carbocycles. The first-order chi connectivity index (χ1) is 11.6. The molecule has 2 aromatic rings. The molecule has 1 aliphatic rings. The van der Waals surface area contributed by atoms with Crippen LogP contribution in [0.1, 0.15) is 36.8 Å². The summed E-state index contributed by atoms with van der Waals surface area (Å²) in [5.74, 6) is -0.184. The van der Waals surface area contributed by atoms with Gasteiger partial charge < -0.3 is 10.6 Å². The minimum absolute atomic E-state index is 0.0483. The molecule has 2 N–H and O–H groups in total. The Morgan fingerprint density at radius 1 is 1.04 bits per heavy atom. The molecule has 1 saturated carbocycles. The third kappa shape index (κ3) is 3.93. The quantitative estimate of drug-likeness (QED) is 0.770. The van der Waals surface area contributed by atoms with Crippen LogP contribution in [0.15, 0.2) is 48.5 Å². The molecule has 0 spiro atoms. The molecule has 0 atom stereocenters. The van der Waals surface area contributed by atoms with Crippen LogP contribution >= 0.6 is 12.2 Å². The number of thiocarbonyl (C=S) groups is 1. The van der Waals surface area contributed by atoms with Gasteiger partial charge in [0, 0.05) is 17.6 Å². The number of benzene rings is 2. The summed E-state index contributed by atoms with van der Waals surface area (Å²) in [6.45, 7) is 2.84. The van der Waals surface area contributed by atoms with Crippen LogP contribution in [0, 0.1) is 12.7 Å². The normalized spacial score (nSPS) is 15.9. The second-order valence-corrected chi connectivity index (χ2v) is 7.08. The van der Waals surface area contributed by atoms with E-state index < -0.39 is 0 Å². The molecular formula is C20H23FN2S. The fourth-order valence-electron chi connectivity index (χ4n) is 3.48. The van der Waals surface area contributed by atoms with E-state index in [9.17, 15) is 4.39 Å². The summed E-state index contributed by atoms with van der Waals surface area (Å²) in [4.78, 5) is 0. The van der Waals surface area contributed by atoms with Crippen LogP contribution in [-0.4, -0.2) is 11.7 Å². The molecule has 0 saturated heterocycles. The van der Waals surface area contributed by atoms with Gasteiger partial charge in [-0.15, -0.1) is 0 Å². The highest BCUT2D eigenvalue weighted by molar-refractivity contribution is 7.80. The monoisotopic (exact) mass is 342 g/mol. The number of anilines is 1. The summed E-state index contributed by atoms with van der Waals surface area (Å²) in [5.41, 5.74) is 3.46. The molecule has 0 amide bonds. The number of hydrogen-bond acceptors (Lipinski definition) is 1. The van der Waals surface area contributed by atoms with Gasteiger partial charge in [-0.05, 0) is 61.8 Å². The Hall–Kier alpha value is -1.94. The third-order valence-corrected chi connectivity index (χ3v) is 5.16. The molecule has 0 aromatic heterocycles. The topological polar surface area (TPSA) is 24.1 Å². The molecule has 4 heteroatoms. The van der Waals surface area contributed by atoms with E-state index in [0.717, 1.165) is 25.1 Å². The first kappa shape index (κ1) is 16.9. The van der Waals surface area contributed by atoms with E-state index in [1.165, 1.54) is 24.0 Å². The van der Waals surface area contributed by atoms with Crippen molar-refractivity contribution < 1.29 is 4.39 Å². The summed E-state index contributed by atoms with van der Waals surface area (Å²) >= 11 is 5.44. The van der Waals surface area contributed by atoms with Gasteiger partial charge in [0.25, 0.3) is 0 Å². The van der Waals surface area contributed by atoms with Crippen molar-refractivity contribution in [2.45, 2.75) is 38.0 Å². The molecule has 2 nitrogen and oxygen atoms in total. The van der Waals surface area contributed by atoms with Gasteiger partial charge in [-0.25, -0.2) is 4.39 Å². The van der Waals surface area contributed by atoms with Gasteiger partial charge >= 0.3 is 0 Å². The maximum absolute atomic E-state index is 13.2. The standard InChI is InChI=1S/C20H23FN2S/c1-15-4-10-18(11-5-15)23-19(24)22-14-20(12-2-3-13-20)16-6-8-17(21)9-7-16/h4-11H,2-3,12-14H2,1H3,(H2,22,23,24). The third-order valence-electron chi connectivity index (χ3n) is 4.91. The highest BCUT2D eigenvalue weighted by atomic mass is 32.1. The van der Waals surface area contributed by atoms with Gasteiger partial charge in [-0.1, -0.05) is 42.7 Å². The van der Waals surface area contributed by atoms with Crippen molar-refractivity contribution in [2.75, 3.05) is 11.9 Å². The van der Waals surface area contributed by atoms with Gasteiger partial charge in [0.1, 0.15) is 5.82 Å². The predicted octanol–water partition coefficient (Wildman–Crippen LogP) is 4.93. The number of nitrogens with one attached hydrogen (secondary N) is 2. The first-order valence-electron chi connectivity index (χ1n) is 8.45. The average molecular weight is 342 g/mol. The second-order valence-electron chi connectivity index (χ2n) is 6.67. The Morgan fingerprint density at radius 3 is 2.29 bits per heavy atom. The Bertz CT molecular complexity index is 689. The Morgan fingerprint density at radius 2 is 1.67 bits per heavy atom. The zero-order valence-electron chi connectivity index (χ0n) is 13.9. The van der Waals surface area contributed by atoms with E-state index in [1.54, 1.807) is 12.1 Å². The van der Waals surface area contributed by atoms with Gasteiger partial charge in [-0.3, -0.25) is 0 Å². The van der Waals surface area contributed by atoms with E-state index in [2.05, 4.69) is 29.7 Å². The maximum atomic E-state index is 13.2. The van der Waals surface area contributed by atoms with Crippen LogP contribution in [0.25, 0.3) is 0 Å². The molecular weight excluding hydrogens is 319 g/mol. The highest BCUT2D eigenvalue weighted by Crippen LogP contribution is 2.40. The molecule has 24 heavy (non-hydrogen) atoms. The Labute approximate surface area is 148 Å². The summed E-state index contributed by atoms with van der Waals surface area (Å²) < 4.78 is 13.2. The van der Waals surface area contributed by atoms with E-state index in [0.29, 0.717) is 5.11 Å². The number of halogens is 1. The van der Waals surface area contributed by atoms with Crippen LogP contribution in [0.4, 0.5) is 10.1 Å². The summed E-state index contributed by atoms with van der Waals surface area (Å²) in [6, 6.07) is 15.1. The van der Waals surface area contributed by atoms with Gasteiger partial charge in [-0.2, -0.15) is 0 Å². The van der Waals surface area contributed by atoms with Crippen molar-refractivity contribution in [1.29, 1.82) is 0 Å². The Balaban J connectivity index is 1.65. The van der Waals surface area contributed by atoms with Gasteiger partial charge in [0.15, 0.2) is 5.11 Å². The van der Waals surface area contributed by atoms with Crippen LogP contribution in [0.5, 0.6) is 0 Å². The van der Waals surface area contributed by atoms with E-state index in [-0.39, 0.29) is 11.2 Å². The molecule has 0 heterocycles. The van der Waals surface area contributed by atoms with Crippen LogP contribution in [0.3, 0.4) is 0 Å². The lowest BCUT2D eigenvalue weighted by atomic mass is 9.79. The zero-order chi connectivity index (χ0) is 17.0. The second kappa shape index (κ2) is 7.31. The van der Waals surface area contributed by atoms with Crippen molar-refractivity contribution in [1.82, 2.24) is 5.32 Å². The molecule has 0 aliphatic heterocycles. The maximum Gasteiger partial charge on any atom is 0.170 e. The lowest BCUT2D eigenvalue weighted by Gasteiger charge is -2.30. The molecule has 2 aromatic carbocycles. The minimum Gasteiger partial charge on any atom is -0.362 e. The van der Waals surface area contributed by atoms with Crippen molar-refractivity contribution >= 4 is 23.0 Å². The summed E-state index contributed by atoms with van der Waals surface area (Å²) in [5, 5.41) is 7.23. The van der Waals surface area contributed by atoms with Crippen LogP contribution < -0.4 is 10.6 Å². The van der Waals surface area contributed by atoms with Crippen LogP contribution in [0.2, 0.25) is 0 Å². The molecule has 0 bridgehead atoms. The smallest absolute Gasteiger partial charge is 0.170 e. The van der Waals surface area contributed by atoms with Crippen molar-refractivity contribution in [3.05, 3.63) is 65.5 Å². The van der Waals surface area contributed by atoms with Crippen LogP contribution in [-0.2, 0) is 5.41 Å².